The lowest BCUT2D eigenvalue weighted by Gasteiger charge is -2.30. The van der Waals surface area contributed by atoms with E-state index in [1.54, 1.807) is 55.3 Å². The molecular weight excluding hydrogens is 770 g/mol. The van der Waals surface area contributed by atoms with Gasteiger partial charge in [0.1, 0.15) is 11.8 Å². The van der Waals surface area contributed by atoms with Gasteiger partial charge in [-0.2, -0.15) is 0 Å². The van der Waals surface area contributed by atoms with Crippen LogP contribution < -0.4 is 19.6 Å². The van der Waals surface area contributed by atoms with Crippen molar-refractivity contribution in [2.75, 3.05) is 20.2 Å². The lowest BCUT2D eigenvalue weighted by Crippen LogP contribution is -2.43. The average molecular weight is 801 g/mol. The lowest BCUT2D eigenvalue weighted by atomic mass is 9.90. The molecule has 0 spiro atoms. The lowest BCUT2D eigenvalue weighted by molar-refractivity contribution is -0.387. The van der Waals surface area contributed by atoms with Crippen molar-refractivity contribution in [2.24, 2.45) is 4.99 Å². The quantitative estimate of drug-likeness (QED) is 0.111. The van der Waals surface area contributed by atoms with Crippen molar-refractivity contribution in [3.63, 3.8) is 0 Å². The van der Waals surface area contributed by atoms with Crippen LogP contribution in [0, 0.1) is 10.1 Å². The zero-order valence-corrected chi connectivity index (χ0v) is 32.4. The molecule has 0 saturated carbocycles. The number of nitrogens with one attached hydrogen (secondary N) is 1. The smallest absolute Gasteiger partial charge is 0.283 e. The van der Waals surface area contributed by atoms with Gasteiger partial charge >= 0.3 is 0 Å². The van der Waals surface area contributed by atoms with Crippen molar-refractivity contribution in [1.29, 1.82) is 0 Å². The zero-order chi connectivity index (χ0) is 38.3. The molecule has 0 saturated heterocycles. The van der Waals surface area contributed by atoms with E-state index in [0.29, 0.717) is 72.4 Å². The molecule has 274 valence electrons. The molecule has 1 aliphatic rings. The number of benzene rings is 4. The fraction of sp³-hybridized carbons (Fsp3) is 0.184. The summed E-state index contributed by atoms with van der Waals surface area (Å²) in [6.07, 6.45) is 1.60. The summed E-state index contributed by atoms with van der Waals surface area (Å²) >= 11 is 14.5. The van der Waals surface area contributed by atoms with Crippen molar-refractivity contribution < 1.29 is 14.5 Å². The molecule has 16 heteroatoms. The number of nitro groups is 1. The first-order chi connectivity index (χ1) is 26.0. The van der Waals surface area contributed by atoms with Crippen LogP contribution in [0.1, 0.15) is 37.9 Å². The standard InChI is InChI=1S/C38H31Cl2N7O5S2/c1-5-45(6-2)36(49)31-20(3)41-38-46(33(31)32-24-10-8-7-9-22(24)12-15-28(32)52-4)35(48)30(54-38)18-21-11-16-29(27(17-21)47(50)51)53-37-42-34(43-44-37)25-14-13-23(39)19-26(25)40/h7-19,33H,5-6H2,1-4H3,(H,42,43,44)/b30-18-/t33-/m1/s1. The number of aromatic nitrogens is 4. The summed E-state index contributed by atoms with van der Waals surface area (Å²) in [5.74, 6) is 0.672. The van der Waals surface area contributed by atoms with E-state index in [9.17, 15) is 19.7 Å². The molecule has 6 aromatic rings. The van der Waals surface area contributed by atoms with E-state index in [4.69, 9.17) is 32.9 Å². The Morgan fingerprint density at radius 1 is 1.11 bits per heavy atom. The SMILES string of the molecule is CCN(CC)C(=O)C1=C(C)N=c2s/c(=C\c3ccc(Sc4n[nH]c(-c5ccc(Cl)cc5Cl)n4)c([N+](=O)[O-])c3)c(=O)n2[C@H]1c1c(OC)ccc2ccccc12. The molecule has 0 aliphatic carbocycles. The Kier molecular flexibility index (Phi) is 10.4. The first kappa shape index (κ1) is 37.1. The number of fused-ring (bicyclic) bond motifs is 2. The molecule has 0 radical (unpaired) electrons. The van der Waals surface area contributed by atoms with Crippen LogP contribution in [0.5, 0.6) is 5.75 Å². The molecule has 1 N–H and O–H groups in total. The molecule has 1 amide bonds. The normalized spacial score (nSPS) is 14.3. The molecule has 0 unspecified atom stereocenters. The minimum Gasteiger partial charge on any atom is -0.496 e. The number of hydrogen-bond donors (Lipinski definition) is 1. The van der Waals surface area contributed by atoms with Gasteiger partial charge in [0.25, 0.3) is 17.2 Å². The van der Waals surface area contributed by atoms with Gasteiger partial charge in [-0.3, -0.25) is 29.4 Å². The number of methoxy groups -OCH3 is 1. The highest BCUT2D eigenvalue weighted by atomic mass is 35.5. The van der Waals surface area contributed by atoms with Crippen molar-refractivity contribution in [1.82, 2.24) is 24.6 Å². The maximum atomic E-state index is 14.5. The molecule has 2 aromatic heterocycles. The van der Waals surface area contributed by atoms with Gasteiger partial charge in [0, 0.05) is 35.3 Å². The van der Waals surface area contributed by atoms with Crippen molar-refractivity contribution >= 4 is 74.7 Å². The predicted octanol–water partition coefficient (Wildman–Crippen LogP) is 7.42. The number of nitro benzene ring substituents is 1. The van der Waals surface area contributed by atoms with Crippen LogP contribution >= 0.6 is 46.3 Å². The number of rotatable bonds is 10. The molecular formula is C38H31Cl2N7O5S2. The summed E-state index contributed by atoms with van der Waals surface area (Å²) < 4.78 is 7.70. The number of hydrogen-bond acceptors (Lipinski definition) is 10. The number of amides is 1. The number of carbonyl (C=O) groups excluding carboxylic acids is 1. The Balaban J connectivity index is 1.33. The number of thiazole rings is 1. The molecule has 7 rings (SSSR count). The summed E-state index contributed by atoms with van der Waals surface area (Å²) in [6, 6.07) is 20.3. The zero-order valence-electron chi connectivity index (χ0n) is 29.3. The fourth-order valence-electron chi connectivity index (χ4n) is 6.48. The molecule has 1 atom stereocenters. The largest absolute Gasteiger partial charge is 0.496 e. The summed E-state index contributed by atoms with van der Waals surface area (Å²) in [4.78, 5) is 52.2. The maximum absolute atomic E-state index is 14.5. The summed E-state index contributed by atoms with van der Waals surface area (Å²) in [6.45, 7) is 6.53. The molecule has 54 heavy (non-hydrogen) atoms. The molecule has 0 bridgehead atoms. The Morgan fingerprint density at radius 3 is 2.61 bits per heavy atom. The van der Waals surface area contributed by atoms with Crippen molar-refractivity contribution in [3.05, 3.63) is 135 Å². The van der Waals surface area contributed by atoms with E-state index in [-0.39, 0.29) is 21.3 Å². The highest BCUT2D eigenvalue weighted by Gasteiger charge is 2.36. The van der Waals surface area contributed by atoms with Gasteiger partial charge in [0.15, 0.2) is 10.6 Å². The van der Waals surface area contributed by atoms with Crippen LogP contribution in [0.15, 0.2) is 104 Å². The van der Waals surface area contributed by atoms with E-state index in [1.165, 1.54) is 10.6 Å². The van der Waals surface area contributed by atoms with E-state index in [1.807, 2.05) is 50.2 Å². The Hall–Kier alpha value is -5.28. The average Bonchev–Trinajstić information content (AvgIpc) is 3.74. The third kappa shape index (κ3) is 6.81. The van der Waals surface area contributed by atoms with Gasteiger partial charge in [-0.05, 0) is 85.3 Å². The second-order valence-corrected chi connectivity index (χ2v) is 15.0. The summed E-state index contributed by atoms with van der Waals surface area (Å²) in [5, 5.41) is 22.2. The van der Waals surface area contributed by atoms with Crippen LogP contribution in [-0.2, 0) is 4.79 Å². The van der Waals surface area contributed by atoms with E-state index in [2.05, 4.69) is 15.2 Å². The predicted molar refractivity (Wildman–Crippen MR) is 211 cm³/mol. The van der Waals surface area contributed by atoms with Crippen LogP contribution in [0.4, 0.5) is 5.69 Å². The first-order valence-corrected chi connectivity index (χ1v) is 19.1. The number of ether oxygens (including phenoxy) is 1. The Bertz CT molecular complexity index is 2700. The van der Waals surface area contributed by atoms with E-state index >= 15 is 0 Å². The minimum absolute atomic E-state index is 0.196. The second kappa shape index (κ2) is 15.2. The van der Waals surface area contributed by atoms with Crippen LogP contribution in [0.3, 0.4) is 0 Å². The van der Waals surface area contributed by atoms with Gasteiger partial charge in [0.2, 0.25) is 5.16 Å². The Labute approximate surface area is 326 Å². The van der Waals surface area contributed by atoms with Crippen molar-refractivity contribution in [3.8, 4) is 17.1 Å². The molecule has 4 aromatic carbocycles. The number of carbonyl (C=O) groups is 1. The number of aromatic amines is 1. The minimum atomic E-state index is -0.861. The van der Waals surface area contributed by atoms with E-state index < -0.39 is 16.5 Å². The topological polar surface area (TPSA) is 149 Å². The number of allylic oxidation sites excluding steroid dienone is 1. The van der Waals surface area contributed by atoms with Crippen LogP contribution in [0.25, 0.3) is 28.2 Å². The second-order valence-electron chi connectivity index (χ2n) is 12.1. The van der Waals surface area contributed by atoms with Crippen LogP contribution in [0.2, 0.25) is 10.0 Å². The van der Waals surface area contributed by atoms with Gasteiger partial charge in [-0.15, -0.1) is 5.10 Å². The summed E-state index contributed by atoms with van der Waals surface area (Å²) in [7, 11) is 1.56. The number of nitrogens with zero attached hydrogens (tertiary/aromatic N) is 6. The third-order valence-electron chi connectivity index (χ3n) is 9.06. The fourth-order valence-corrected chi connectivity index (χ4v) is 8.83. The maximum Gasteiger partial charge on any atom is 0.283 e. The van der Waals surface area contributed by atoms with Crippen molar-refractivity contribution in [2.45, 2.75) is 36.9 Å². The molecule has 0 fully saturated rings. The van der Waals surface area contributed by atoms with E-state index in [0.717, 1.165) is 33.9 Å². The highest BCUT2D eigenvalue weighted by molar-refractivity contribution is 7.99. The first-order valence-electron chi connectivity index (χ1n) is 16.7. The summed E-state index contributed by atoms with van der Waals surface area (Å²) in [5.41, 5.74) is 1.94. The highest BCUT2D eigenvalue weighted by Crippen LogP contribution is 2.41. The third-order valence-corrected chi connectivity index (χ3v) is 11.5. The number of halogens is 2. The van der Waals surface area contributed by atoms with Gasteiger partial charge in [-0.1, -0.05) is 70.9 Å². The molecule has 3 heterocycles. The number of likely N-dealkylation sites (N-methyl/N-ethyl adjacent to an activating group) is 1. The Morgan fingerprint density at radius 2 is 1.89 bits per heavy atom. The van der Waals surface area contributed by atoms with Gasteiger partial charge < -0.3 is 9.64 Å². The van der Waals surface area contributed by atoms with Crippen LogP contribution in [-0.4, -0.2) is 55.7 Å². The van der Waals surface area contributed by atoms with Gasteiger partial charge in [-0.25, -0.2) is 9.98 Å². The molecule has 12 nitrogen and oxygen atoms in total. The monoisotopic (exact) mass is 799 g/mol. The van der Waals surface area contributed by atoms with Gasteiger partial charge in [0.05, 0.1) is 37.8 Å². The molecule has 1 aliphatic heterocycles. The number of H-pyrrole nitrogens is 1.